The van der Waals surface area contributed by atoms with Crippen LogP contribution in [0.3, 0.4) is 0 Å². The van der Waals surface area contributed by atoms with E-state index in [9.17, 15) is 4.79 Å². The molecule has 1 saturated heterocycles. The summed E-state index contributed by atoms with van der Waals surface area (Å²) in [7, 11) is 0. The molecule has 1 fully saturated rings. The number of nitrogens with two attached hydrogens (primary N) is 1. The quantitative estimate of drug-likeness (QED) is 0.775. The molecule has 1 atom stereocenters. The van der Waals surface area contributed by atoms with Gasteiger partial charge in [-0.05, 0) is 25.1 Å². The van der Waals surface area contributed by atoms with Gasteiger partial charge in [0.15, 0.2) is 0 Å². The van der Waals surface area contributed by atoms with Crippen molar-refractivity contribution in [1.82, 2.24) is 5.32 Å². The maximum absolute atomic E-state index is 11.5. The summed E-state index contributed by atoms with van der Waals surface area (Å²) in [6.45, 7) is 5.43. The predicted molar refractivity (Wildman–Crippen MR) is 78.8 cm³/mol. The van der Waals surface area contributed by atoms with E-state index in [1.54, 1.807) is 13.0 Å². The molecule has 19 heavy (non-hydrogen) atoms. The largest absolute Gasteiger partial charge is 0.368 e. The van der Waals surface area contributed by atoms with Gasteiger partial charge >= 0.3 is 0 Å². The van der Waals surface area contributed by atoms with Crippen molar-refractivity contribution in [3.8, 4) is 0 Å². The highest BCUT2D eigenvalue weighted by Crippen LogP contribution is 2.29. The minimum Gasteiger partial charge on any atom is -0.368 e. The number of anilines is 2. The standard InChI is InChI=1S/C13H19ClN4O/c1-9(15)13(19)17-10-2-3-12(11(14)8-10)18-6-4-16-5-7-18/h2-3,8-9,16H,4-7,15H2,1H3,(H,17,19)/t9-/m0/s1. The summed E-state index contributed by atoms with van der Waals surface area (Å²) in [5.41, 5.74) is 7.18. The van der Waals surface area contributed by atoms with Crippen LogP contribution in [0, 0.1) is 0 Å². The van der Waals surface area contributed by atoms with E-state index in [4.69, 9.17) is 17.3 Å². The molecule has 0 radical (unpaired) electrons. The Kier molecular flexibility index (Phi) is 4.63. The number of hydrogen-bond donors (Lipinski definition) is 3. The van der Waals surface area contributed by atoms with E-state index in [2.05, 4.69) is 15.5 Å². The number of nitrogens with one attached hydrogen (secondary N) is 2. The fraction of sp³-hybridized carbons (Fsp3) is 0.462. The van der Waals surface area contributed by atoms with Crippen LogP contribution in [0.5, 0.6) is 0 Å². The van der Waals surface area contributed by atoms with Crippen molar-refractivity contribution in [2.45, 2.75) is 13.0 Å². The minimum absolute atomic E-state index is 0.217. The summed E-state index contributed by atoms with van der Waals surface area (Å²) >= 11 is 6.28. The van der Waals surface area contributed by atoms with Crippen molar-refractivity contribution in [2.24, 2.45) is 5.73 Å². The number of rotatable bonds is 3. The molecule has 0 aromatic heterocycles. The summed E-state index contributed by atoms with van der Waals surface area (Å²) in [5, 5.41) is 6.67. The van der Waals surface area contributed by atoms with Crippen molar-refractivity contribution < 1.29 is 4.79 Å². The van der Waals surface area contributed by atoms with Crippen molar-refractivity contribution in [1.29, 1.82) is 0 Å². The molecule has 2 rings (SSSR count). The smallest absolute Gasteiger partial charge is 0.240 e. The molecular weight excluding hydrogens is 264 g/mol. The molecule has 5 nitrogen and oxygen atoms in total. The summed E-state index contributed by atoms with van der Waals surface area (Å²) in [6, 6.07) is 5.01. The Morgan fingerprint density at radius 2 is 2.16 bits per heavy atom. The van der Waals surface area contributed by atoms with E-state index >= 15 is 0 Å². The van der Waals surface area contributed by atoms with Gasteiger partial charge in [-0.1, -0.05) is 11.6 Å². The summed E-state index contributed by atoms with van der Waals surface area (Å²) in [4.78, 5) is 13.7. The van der Waals surface area contributed by atoms with Gasteiger partial charge in [-0.25, -0.2) is 0 Å². The van der Waals surface area contributed by atoms with Crippen molar-refractivity contribution >= 4 is 28.9 Å². The lowest BCUT2D eigenvalue weighted by atomic mass is 10.2. The number of carbonyl (C=O) groups is 1. The van der Waals surface area contributed by atoms with Gasteiger partial charge in [0.05, 0.1) is 16.8 Å². The highest BCUT2D eigenvalue weighted by molar-refractivity contribution is 6.33. The summed E-state index contributed by atoms with van der Waals surface area (Å²) < 4.78 is 0. The van der Waals surface area contributed by atoms with Gasteiger partial charge in [-0.2, -0.15) is 0 Å². The number of carbonyl (C=O) groups excluding carboxylic acids is 1. The van der Waals surface area contributed by atoms with E-state index in [-0.39, 0.29) is 5.91 Å². The molecule has 0 saturated carbocycles. The summed E-state index contributed by atoms with van der Waals surface area (Å²) in [5.74, 6) is -0.217. The van der Waals surface area contributed by atoms with Crippen LogP contribution < -0.4 is 21.3 Å². The zero-order valence-corrected chi connectivity index (χ0v) is 11.7. The Morgan fingerprint density at radius 1 is 1.47 bits per heavy atom. The van der Waals surface area contributed by atoms with Gasteiger partial charge in [0.2, 0.25) is 5.91 Å². The topological polar surface area (TPSA) is 70.4 Å². The molecule has 1 heterocycles. The second-order valence-corrected chi connectivity index (χ2v) is 5.09. The molecule has 1 aliphatic rings. The first-order valence-corrected chi connectivity index (χ1v) is 6.77. The van der Waals surface area contributed by atoms with Crippen LogP contribution in [0.4, 0.5) is 11.4 Å². The summed E-state index contributed by atoms with van der Waals surface area (Å²) in [6.07, 6.45) is 0. The normalized spacial score (nSPS) is 17.1. The molecule has 4 N–H and O–H groups in total. The molecule has 0 bridgehead atoms. The fourth-order valence-electron chi connectivity index (χ4n) is 2.00. The second-order valence-electron chi connectivity index (χ2n) is 4.68. The number of piperazine rings is 1. The number of hydrogen-bond acceptors (Lipinski definition) is 4. The van der Waals surface area contributed by atoms with Gasteiger partial charge in [0.1, 0.15) is 0 Å². The minimum atomic E-state index is -0.536. The lowest BCUT2D eigenvalue weighted by Crippen LogP contribution is -2.43. The molecular formula is C13H19ClN4O. The van der Waals surface area contributed by atoms with Crippen LogP contribution in [0.1, 0.15) is 6.92 Å². The Balaban J connectivity index is 2.10. The van der Waals surface area contributed by atoms with Crippen LogP contribution in [0.2, 0.25) is 5.02 Å². The Morgan fingerprint density at radius 3 is 2.74 bits per heavy atom. The first-order chi connectivity index (χ1) is 9.08. The molecule has 1 aromatic carbocycles. The van der Waals surface area contributed by atoms with E-state index in [0.29, 0.717) is 10.7 Å². The van der Waals surface area contributed by atoms with Gasteiger partial charge < -0.3 is 21.3 Å². The van der Waals surface area contributed by atoms with E-state index < -0.39 is 6.04 Å². The molecule has 0 aliphatic carbocycles. The van der Waals surface area contributed by atoms with E-state index in [0.717, 1.165) is 31.9 Å². The molecule has 0 unspecified atom stereocenters. The number of halogens is 1. The van der Waals surface area contributed by atoms with Crippen LogP contribution in [-0.2, 0) is 4.79 Å². The van der Waals surface area contributed by atoms with Gasteiger partial charge in [-0.15, -0.1) is 0 Å². The Labute approximate surface area is 118 Å². The van der Waals surface area contributed by atoms with Gasteiger partial charge in [-0.3, -0.25) is 4.79 Å². The van der Waals surface area contributed by atoms with Crippen LogP contribution in [0.25, 0.3) is 0 Å². The maximum atomic E-state index is 11.5. The fourth-order valence-corrected chi connectivity index (χ4v) is 2.30. The van der Waals surface area contributed by atoms with Crippen molar-refractivity contribution in [3.05, 3.63) is 23.2 Å². The molecule has 1 aliphatic heterocycles. The molecule has 0 spiro atoms. The van der Waals surface area contributed by atoms with Crippen LogP contribution >= 0.6 is 11.6 Å². The first-order valence-electron chi connectivity index (χ1n) is 6.39. The third kappa shape index (κ3) is 3.59. The van der Waals surface area contributed by atoms with Gasteiger partial charge in [0, 0.05) is 31.9 Å². The number of amides is 1. The SMILES string of the molecule is C[C@H](N)C(=O)Nc1ccc(N2CCNCC2)c(Cl)c1. The van der Waals surface area contributed by atoms with E-state index in [1.807, 2.05) is 12.1 Å². The Bertz CT molecular complexity index is 458. The Hall–Kier alpha value is -1.30. The maximum Gasteiger partial charge on any atom is 0.240 e. The monoisotopic (exact) mass is 282 g/mol. The number of nitrogens with zero attached hydrogens (tertiary/aromatic N) is 1. The highest BCUT2D eigenvalue weighted by Gasteiger charge is 2.14. The average molecular weight is 283 g/mol. The van der Waals surface area contributed by atoms with Crippen LogP contribution in [0.15, 0.2) is 18.2 Å². The zero-order valence-electron chi connectivity index (χ0n) is 10.9. The number of benzene rings is 1. The molecule has 104 valence electrons. The van der Waals surface area contributed by atoms with Crippen LogP contribution in [-0.4, -0.2) is 38.1 Å². The lowest BCUT2D eigenvalue weighted by Gasteiger charge is -2.30. The first kappa shape index (κ1) is 14.1. The zero-order chi connectivity index (χ0) is 13.8. The third-order valence-corrected chi connectivity index (χ3v) is 3.39. The third-order valence-electron chi connectivity index (χ3n) is 3.09. The second kappa shape index (κ2) is 6.23. The average Bonchev–Trinajstić information content (AvgIpc) is 2.39. The van der Waals surface area contributed by atoms with E-state index in [1.165, 1.54) is 0 Å². The van der Waals surface area contributed by atoms with Gasteiger partial charge in [0.25, 0.3) is 0 Å². The molecule has 6 heteroatoms. The molecule has 1 amide bonds. The van der Waals surface area contributed by atoms with Crippen molar-refractivity contribution in [2.75, 3.05) is 36.4 Å². The predicted octanol–water partition coefficient (Wildman–Crippen LogP) is 1.04. The molecule has 1 aromatic rings. The van der Waals surface area contributed by atoms with Crippen molar-refractivity contribution in [3.63, 3.8) is 0 Å². The lowest BCUT2D eigenvalue weighted by molar-refractivity contribution is -0.117. The highest BCUT2D eigenvalue weighted by atomic mass is 35.5.